The van der Waals surface area contributed by atoms with Gasteiger partial charge in [-0.15, -0.1) is 11.3 Å². The largest absolute Gasteiger partial charge is 0.492 e. The Morgan fingerprint density at radius 2 is 2.24 bits per heavy atom. The molecule has 94 valence electrons. The summed E-state index contributed by atoms with van der Waals surface area (Å²) < 4.78 is 27.0. The van der Waals surface area contributed by atoms with Crippen molar-refractivity contribution in [3.8, 4) is 11.8 Å². The van der Waals surface area contributed by atoms with Gasteiger partial charge in [-0.2, -0.15) is 5.26 Å². The average molecular weight is 275 g/mol. The third kappa shape index (κ3) is 3.51. The lowest BCUT2D eigenvalue weighted by atomic mass is 10.4. The normalized spacial score (nSPS) is 10.9. The van der Waals surface area contributed by atoms with Crippen molar-refractivity contribution < 1.29 is 13.2 Å². The van der Waals surface area contributed by atoms with E-state index in [-0.39, 0.29) is 18.0 Å². The minimum atomic E-state index is -3.02. The van der Waals surface area contributed by atoms with Gasteiger partial charge < -0.3 is 15.8 Å². The summed E-state index contributed by atoms with van der Waals surface area (Å²) in [6.07, 6.45) is 1.16. The van der Waals surface area contributed by atoms with Gasteiger partial charge in [0.1, 0.15) is 31.5 Å². The maximum atomic E-state index is 11.0. The number of nitriles is 1. The molecule has 1 rings (SSSR count). The van der Waals surface area contributed by atoms with Crippen LogP contribution < -0.4 is 15.8 Å². The highest BCUT2D eigenvalue weighted by atomic mass is 32.2. The predicted molar refractivity (Wildman–Crippen MR) is 68.2 cm³/mol. The van der Waals surface area contributed by atoms with Crippen molar-refractivity contribution in [3.63, 3.8) is 0 Å². The first-order chi connectivity index (χ1) is 7.89. The zero-order valence-corrected chi connectivity index (χ0v) is 11.1. The Kier molecular flexibility index (Phi) is 4.20. The second kappa shape index (κ2) is 5.25. The smallest absolute Gasteiger partial charge is 0.177 e. The Hall–Kier alpha value is -1.46. The fraction of sp³-hybridized carbons (Fsp3) is 0.444. The number of sulfone groups is 1. The molecule has 0 saturated heterocycles. The van der Waals surface area contributed by atoms with Gasteiger partial charge in [-0.25, -0.2) is 8.42 Å². The van der Waals surface area contributed by atoms with E-state index >= 15 is 0 Å². The van der Waals surface area contributed by atoms with Crippen molar-refractivity contribution in [2.45, 2.75) is 0 Å². The average Bonchev–Trinajstić information content (AvgIpc) is 2.53. The number of thiophene rings is 1. The van der Waals surface area contributed by atoms with Crippen LogP contribution in [0.1, 0.15) is 4.88 Å². The number of rotatable bonds is 5. The van der Waals surface area contributed by atoms with E-state index in [1.165, 1.54) is 7.11 Å². The molecule has 0 aliphatic carbocycles. The van der Waals surface area contributed by atoms with Gasteiger partial charge in [-0.3, -0.25) is 0 Å². The topological polar surface area (TPSA) is 105 Å². The van der Waals surface area contributed by atoms with Crippen molar-refractivity contribution in [3.05, 3.63) is 4.88 Å². The second-order valence-corrected chi connectivity index (χ2v) is 6.66. The summed E-state index contributed by atoms with van der Waals surface area (Å²) in [5.74, 6) is 0.399. The van der Waals surface area contributed by atoms with Crippen molar-refractivity contribution >= 4 is 31.9 Å². The molecule has 0 aromatic carbocycles. The molecule has 1 aromatic rings. The minimum absolute atomic E-state index is 0.00977. The number of anilines is 2. The van der Waals surface area contributed by atoms with Crippen LogP contribution in [0.3, 0.4) is 0 Å². The lowest BCUT2D eigenvalue weighted by Gasteiger charge is -2.05. The molecular weight excluding hydrogens is 262 g/mol. The van der Waals surface area contributed by atoms with E-state index in [1.807, 2.05) is 6.07 Å². The predicted octanol–water partition coefficient (Wildman–Crippen LogP) is 0.667. The summed E-state index contributed by atoms with van der Waals surface area (Å²) in [5, 5.41) is 12.3. The fourth-order valence-corrected chi connectivity index (χ4v) is 2.57. The molecule has 6 nitrogen and oxygen atoms in total. The standard InChI is InChI=1S/C9H13N3O3S2/c1-15-8-7(11)6(5-10)16-9(8)12-3-4-17(2,13)14/h12H,3-4,11H2,1-2H3. The molecule has 0 radical (unpaired) electrons. The van der Waals surface area contributed by atoms with Crippen molar-refractivity contribution in [1.29, 1.82) is 5.26 Å². The van der Waals surface area contributed by atoms with Crippen molar-refractivity contribution in [2.75, 3.05) is 36.7 Å². The maximum Gasteiger partial charge on any atom is 0.177 e. The van der Waals surface area contributed by atoms with Gasteiger partial charge >= 0.3 is 0 Å². The van der Waals surface area contributed by atoms with E-state index < -0.39 is 9.84 Å². The van der Waals surface area contributed by atoms with Crippen LogP contribution in [-0.4, -0.2) is 34.1 Å². The molecular formula is C9H13N3O3S2. The zero-order valence-electron chi connectivity index (χ0n) is 9.48. The van der Waals surface area contributed by atoms with Crippen molar-refractivity contribution in [2.24, 2.45) is 0 Å². The molecule has 8 heteroatoms. The van der Waals surface area contributed by atoms with Crippen LogP contribution in [0.15, 0.2) is 0 Å². The van der Waals surface area contributed by atoms with Crippen LogP contribution in [0.5, 0.6) is 5.75 Å². The number of hydrogen-bond acceptors (Lipinski definition) is 7. The lowest BCUT2D eigenvalue weighted by Crippen LogP contribution is -2.13. The van der Waals surface area contributed by atoms with E-state index in [1.54, 1.807) is 0 Å². The number of nitrogens with zero attached hydrogens (tertiary/aromatic N) is 1. The van der Waals surface area contributed by atoms with Crippen LogP contribution in [0.2, 0.25) is 0 Å². The number of hydrogen-bond donors (Lipinski definition) is 2. The number of nitrogens with two attached hydrogens (primary N) is 1. The molecule has 0 aliphatic rings. The molecule has 0 spiro atoms. The molecule has 0 atom stereocenters. The van der Waals surface area contributed by atoms with E-state index in [0.717, 1.165) is 17.6 Å². The maximum absolute atomic E-state index is 11.0. The van der Waals surface area contributed by atoms with E-state index in [4.69, 9.17) is 15.7 Å². The first-order valence-corrected chi connectivity index (χ1v) is 7.54. The van der Waals surface area contributed by atoms with Gasteiger partial charge in [0.15, 0.2) is 5.75 Å². The third-order valence-electron chi connectivity index (χ3n) is 1.96. The molecule has 3 N–H and O–H groups in total. The fourth-order valence-electron chi connectivity index (χ4n) is 1.18. The third-order valence-corrected chi connectivity index (χ3v) is 3.96. The van der Waals surface area contributed by atoms with Crippen LogP contribution >= 0.6 is 11.3 Å². The van der Waals surface area contributed by atoms with E-state index in [0.29, 0.717) is 15.6 Å². The highest BCUT2D eigenvalue weighted by Crippen LogP contribution is 2.41. The van der Waals surface area contributed by atoms with E-state index in [9.17, 15) is 8.42 Å². The summed E-state index contributed by atoms with van der Waals surface area (Å²) >= 11 is 1.14. The van der Waals surface area contributed by atoms with Gasteiger partial charge in [-0.1, -0.05) is 0 Å². The zero-order chi connectivity index (χ0) is 13.1. The summed E-state index contributed by atoms with van der Waals surface area (Å²) in [6, 6.07) is 1.95. The van der Waals surface area contributed by atoms with E-state index in [2.05, 4.69) is 5.32 Å². The number of nitrogens with one attached hydrogen (secondary N) is 1. The summed E-state index contributed by atoms with van der Waals surface area (Å²) in [7, 11) is -1.57. The van der Waals surface area contributed by atoms with Gasteiger partial charge in [0, 0.05) is 12.8 Å². The summed E-state index contributed by atoms with van der Waals surface area (Å²) in [4.78, 5) is 0.351. The van der Waals surface area contributed by atoms with Crippen LogP contribution in [-0.2, 0) is 9.84 Å². The molecule has 0 unspecified atom stereocenters. The quantitative estimate of drug-likeness (QED) is 0.818. The monoisotopic (exact) mass is 275 g/mol. The number of methoxy groups -OCH3 is 1. The van der Waals surface area contributed by atoms with Gasteiger partial charge in [0.25, 0.3) is 0 Å². The molecule has 0 aliphatic heterocycles. The molecule has 1 heterocycles. The van der Waals surface area contributed by atoms with Gasteiger partial charge in [-0.05, 0) is 0 Å². The number of nitrogen functional groups attached to an aromatic ring is 1. The SMILES string of the molecule is COc1c(NCCS(C)(=O)=O)sc(C#N)c1N. The summed E-state index contributed by atoms with van der Waals surface area (Å²) in [6.45, 7) is 0.250. The highest BCUT2D eigenvalue weighted by Gasteiger charge is 2.16. The Morgan fingerprint density at radius 3 is 2.71 bits per heavy atom. The summed E-state index contributed by atoms with van der Waals surface area (Å²) in [5.41, 5.74) is 5.97. The molecule has 0 amide bonds. The molecule has 0 bridgehead atoms. The molecule has 1 aromatic heterocycles. The Labute approximate surface area is 104 Å². The van der Waals surface area contributed by atoms with Gasteiger partial charge in [0.2, 0.25) is 0 Å². The Bertz CT molecular complexity index is 543. The Balaban J connectivity index is 2.82. The highest BCUT2D eigenvalue weighted by molar-refractivity contribution is 7.90. The lowest BCUT2D eigenvalue weighted by molar-refractivity contribution is 0.420. The first-order valence-electron chi connectivity index (χ1n) is 4.67. The Morgan fingerprint density at radius 1 is 1.59 bits per heavy atom. The second-order valence-electron chi connectivity index (χ2n) is 3.38. The van der Waals surface area contributed by atoms with Crippen LogP contribution in [0.4, 0.5) is 10.7 Å². The molecule has 0 saturated carbocycles. The number of ether oxygens (including phenoxy) is 1. The van der Waals surface area contributed by atoms with Crippen molar-refractivity contribution in [1.82, 2.24) is 0 Å². The first kappa shape index (κ1) is 13.6. The van der Waals surface area contributed by atoms with Crippen LogP contribution in [0.25, 0.3) is 0 Å². The molecule has 17 heavy (non-hydrogen) atoms. The minimum Gasteiger partial charge on any atom is -0.492 e. The molecule has 0 fully saturated rings. The van der Waals surface area contributed by atoms with Gasteiger partial charge in [0.05, 0.1) is 12.9 Å². The van der Waals surface area contributed by atoms with Crippen LogP contribution in [0, 0.1) is 11.3 Å².